The first-order valence-corrected chi connectivity index (χ1v) is 8.73. The molecule has 0 aliphatic carbocycles. The Morgan fingerprint density at radius 2 is 2.24 bits per heavy atom. The maximum Gasteiger partial charge on any atom is 0.274 e. The minimum Gasteiger partial charge on any atom is -0.393 e. The lowest BCUT2D eigenvalue weighted by Gasteiger charge is -2.28. The average Bonchev–Trinajstić information content (AvgIpc) is 3.11. The number of pyridine rings is 1. The van der Waals surface area contributed by atoms with Crippen LogP contribution in [0.1, 0.15) is 54.2 Å². The molecule has 0 unspecified atom stereocenters. The van der Waals surface area contributed by atoms with E-state index in [1.807, 2.05) is 25.1 Å². The molecule has 1 saturated heterocycles. The van der Waals surface area contributed by atoms with Crippen LogP contribution in [0, 0.1) is 0 Å². The van der Waals surface area contributed by atoms with E-state index in [4.69, 9.17) is 4.52 Å². The van der Waals surface area contributed by atoms with Crippen LogP contribution in [0.25, 0.3) is 0 Å². The van der Waals surface area contributed by atoms with Crippen molar-refractivity contribution in [2.75, 3.05) is 13.1 Å². The van der Waals surface area contributed by atoms with Crippen molar-refractivity contribution in [2.45, 2.75) is 44.9 Å². The quantitative estimate of drug-likeness (QED) is 0.832. The molecule has 7 heteroatoms. The Morgan fingerprint density at radius 3 is 2.92 bits per heavy atom. The van der Waals surface area contributed by atoms with Crippen LogP contribution < -0.4 is 5.32 Å². The highest BCUT2D eigenvalue weighted by Crippen LogP contribution is 2.16. The second-order valence-electron chi connectivity index (χ2n) is 6.37. The number of likely N-dealkylation sites (tertiary alicyclic amines) is 1. The van der Waals surface area contributed by atoms with Crippen LogP contribution in [0.15, 0.2) is 35.0 Å². The molecule has 134 valence electrons. The number of aliphatic hydroxyl groups is 1. The standard InChI is InChI=1S/C18H24N4O3/c1-2-15(16-5-3-4-8-19-16)20-18(24)17-11-14(25-21-17)12-22-9-6-13(23)7-10-22/h3-5,8,11,13,15,23H,2,6-7,9-10,12H2,1H3,(H,20,24)/t15-/m0/s1. The molecular formula is C18H24N4O3. The van der Waals surface area contributed by atoms with Crippen LogP contribution in [-0.2, 0) is 6.54 Å². The van der Waals surface area contributed by atoms with E-state index in [0.717, 1.165) is 38.0 Å². The second-order valence-corrected chi connectivity index (χ2v) is 6.37. The van der Waals surface area contributed by atoms with Gasteiger partial charge in [0.25, 0.3) is 5.91 Å². The molecule has 3 rings (SSSR count). The molecule has 7 nitrogen and oxygen atoms in total. The van der Waals surface area contributed by atoms with E-state index in [1.54, 1.807) is 12.3 Å². The maximum absolute atomic E-state index is 12.4. The zero-order chi connectivity index (χ0) is 17.6. The number of carbonyl (C=O) groups excluding carboxylic acids is 1. The van der Waals surface area contributed by atoms with E-state index in [1.165, 1.54) is 0 Å². The highest BCUT2D eigenvalue weighted by molar-refractivity contribution is 5.92. The number of aromatic nitrogens is 2. The van der Waals surface area contributed by atoms with Crippen molar-refractivity contribution in [3.8, 4) is 0 Å². The van der Waals surface area contributed by atoms with Gasteiger partial charge in [-0.25, -0.2) is 0 Å². The monoisotopic (exact) mass is 344 g/mol. The van der Waals surface area contributed by atoms with E-state index in [9.17, 15) is 9.90 Å². The predicted molar refractivity (Wildman–Crippen MR) is 91.8 cm³/mol. The lowest BCUT2D eigenvalue weighted by molar-refractivity contribution is 0.0748. The van der Waals surface area contributed by atoms with Gasteiger partial charge in [0.2, 0.25) is 0 Å². The van der Waals surface area contributed by atoms with E-state index in [2.05, 4.69) is 20.4 Å². The number of hydrogen-bond acceptors (Lipinski definition) is 6. The molecule has 1 amide bonds. The van der Waals surface area contributed by atoms with Gasteiger partial charge in [-0.1, -0.05) is 18.1 Å². The molecule has 2 aromatic rings. The summed E-state index contributed by atoms with van der Waals surface area (Å²) in [5.74, 6) is 0.397. The van der Waals surface area contributed by atoms with Gasteiger partial charge in [-0.2, -0.15) is 0 Å². The largest absolute Gasteiger partial charge is 0.393 e. The normalized spacial score (nSPS) is 17.4. The summed E-state index contributed by atoms with van der Waals surface area (Å²) in [6, 6.07) is 7.18. The molecule has 0 aromatic carbocycles. The lowest BCUT2D eigenvalue weighted by atomic mass is 10.1. The van der Waals surface area contributed by atoms with Crippen LogP contribution in [0.4, 0.5) is 0 Å². The number of piperidine rings is 1. The number of rotatable bonds is 6. The number of aliphatic hydroxyl groups excluding tert-OH is 1. The molecule has 2 aromatic heterocycles. The number of carbonyl (C=O) groups is 1. The van der Waals surface area contributed by atoms with Gasteiger partial charge >= 0.3 is 0 Å². The molecule has 25 heavy (non-hydrogen) atoms. The van der Waals surface area contributed by atoms with Gasteiger partial charge in [0.1, 0.15) is 0 Å². The first-order valence-electron chi connectivity index (χ1n) is 8.73. The Labute approximate surface area is 147 Å². The Bertz CT molecular complexity index is 681. The number of amides is 1. The summed E-state index contributed by atoms with van der Waals surface area (Å²) >= 11 is 0. The molecule has 1 atom stereocenters. The highest BCUT2D eigenvalue weighted by Gasteiger charge is 2.21. The minimum atomic E-state index is -0.262. The smallest absolute Gasteiger partial charge is 0.274 e. The van der Waals surface area contributed by atoms with Crippen molar-refractivity contribution in [3.05, 3.63) is 47.6 Å². The Morgan fingerprint density at radius 1 is 1.44 bits per heavy atom. The molecule has 0 spiro atoms. The van der Waals surface area contributed by atoms with Gasteiger partial charge in [0.15, 0.2) is 11.5 Å². The summed E-state index contributed by atoms with van der Waals surface area (Å²) < 4.78 is 5.31. The fraction of sp³-hybridized carbons (Fsp3) is 0.500. The molecule has 0 bridgehead atoms. The topological polar surface area (TPSA) is 91.5 Å². The lowest BCUT2D eigenvalue weighted by Crippen LogP contribution is -2.35. The molecule has 0 saturated carbocycles. The van der Waals surface area contributed by atoms with Crippen molar-refractivity contribution < 1.29 is 14.4 Å². The Kier molecular flexibility index (Phi) is 5.78. The van der Waals surface area contributed by atoms with Crippen molar-refractivity contribution in [1.82, 2.24) is 20.4 Å². The van der Waals surface area contributed by atoms with Gasteiger partial charge in [-0.05, 0) is 31.4 Å². The second kappa shape index (κ2) is 8.22. The predicted octanol–water partition coefficient (Wildman–Crippen LogP) is 1.91. The zero-order valence-corrected chi connectivity index (χ0v) is 14.4. The summed E-state index contributed by atoms with van der Waals surface area (Å²) in [5.41, 5.74) is 1.11. The highest BCUT2D eigenvalue weighted by atomic mass is 16.5. The summed E-state index contributed by atoms with van der Waals surface area (Å²) in [6.07, 6.45) is 3.79. The third-order valence-corrected chi connectivity index (χ3v) is 4.49. The van der Waals surface area contributed by atoms with E-state index < -0.39 is 0 Å². The van der Waals surface area contributed by atoms with Gasteiger partial charge in [-0.3, -0.25) is 14.7 Å². The van der Waals surface area contributed by atoms with Crippen LogP contribution in [0.2, 0.25) is 0 Å². The minimum absolute atomic E-state index is 0.155. The number of nitrogens with zero attached hydrogens (tertiary/aromatic N) is 3. The Balaban J connectivity index is 1.58. The Hall–Kier alpha value is -2.25. The molecule has 1 fully saturated rings. The first kappa shape index (κ1) is 17.6. The summed E-state index contributed by atoms with van der Waals surface area (Å²) in [5, 5.41) is 16.4. The first-order chi connectivity index (χ1) is 12.2. The van der Waals surface area contributed by atoms with Crippen molar-refractivity contribution in [3.63, 3.8) is 0 Å². The molecular weight excluding hydrogens is 320 g/mol. The van der Waals surface area contributed by atoms with Gasteiger partial charge in [0.05, 0.1) is 24.4 Å². The van der Waals surface area contributed by atoms with E-state index >= 15 is 0 Å². The number of nitrogens with one attached hydrogen (secondary N) is 1. The van der Waals surface area contributed by atoms with Gasteiger partial charge in [0, 0.05) is 25.4 Å². The van der Waals surface area contributed by atoms with Crippen LogP contribution >= 0.6 is 0 Å². The fourth-order valence-electron chi connectivity index (χ4n) is 2.99. The summed E-state index contributed by atoms with van der Waals surface area (Å²) in [4.78, 5) is 18.9. The SMILES string of the molecule is CC[C@H](NC(=O)c1cc(CN2CCC(O)CC2)on1)c1ccccn1. The average molecular weight is 344 g/mol. The summed E-state index contributed by atoms with van der Waals surface area (Å²) in [6.45, 7) is 4.24. The van der Waals surface area contributed by atoms with Crippen LogP contribution in [0.5, 0.6) is 0 Å². The van der Waals surface area contributed by atoms with Crippen molar-refractivity contribution >= 4 is 5.91 Å². The molecule has 1 aliphatic heterocycles. The van der Waals surface area contributed by atoms with E-state index in [0.29, 0.717) is 12.3 Å². The molecule has 0 radical (unpaired) electrons. The fourth-order valence-corrected chi connectivity index (χ4v) is 2.99. The van der Waals surface area contributed by atoms with Crippen molar-refractivity contribution in [1.29, 1.82) is 0 Å². The third kappa shape index (κ3) is 4.64. The molecule has 2 N–H and O–H groups in total. The van der Waals surface area contributed by atoms with Crippen LogP contribution in [-0.4, -0.2) is 45.2 Å². The van der Waals surface area contributed by atoms with Crippen molar-refractivity contribution in [2.24, 2.45) is 0 Å². The third-order valence-electron chi connectivity index (χ3n) is 4.49. The zero-order valence-electron chi connectivity index (χ0n) is 14.4. The van der Waals surface area contributed by atoms with E-state index in [-0.39, 0.29) is 23.7 Å². The maximum atomic E-state index is 12.4. The number of hydrogen-bond donors (Lipinski definition) is 2. The molecule has 1 aliphatic rings. The van der Waals surface area contributed by atoms with Crippen LogP contribution in [0.3, 0.4) is 0 Å². The summed E-state index contributed by atoms with van der Waals surface area (Å²) in [7, 11) is 0. The van der Waals surface area contributed by atoms with Gasteiger partial charge < -0.3 is 14.9 Å². The van der Waals surface area contributed by atoms with Gasteiger partial charge in [-0.15, -0.1) is 0 Å². The molecule has 3 heterocycles.